The van der Waals surface area contributed by atoms with Gasteiger partial charge in [-0.3, -0.25) is 4.79 Å². The van der Waals surface area contributed by atoms with Crippen LogP contribution >= 0.6 is 0 Å². The van der Waals surface area contributed by atoms with Crippen molar-refractivity contribution in [2.24, 2.45) is 5.73 Å². The molecule has 104 valence electrons. The highest BCUT2D eigenvalue weighted by Gasteiger charge is 2.09. The molecule has 0 radical (unpaired) electrons. The van der Waals surface area contributed by atoms with Crippen LogP contribution in [-0.4, -0.2) is 13.0 Å². The Bertz CT molecular complexity index is 643. The molecule has 2 aromatic carbocycles. The van der Waals surface area contributed by atoms with Gasteiger partial charge in [-0.15, -0.1) is 0 Å². The largest absolute Gasteiger partial charge is 0.398 e. The molecule has 0 aliphatic rings. The topological polar surface area (TPSA) is 72.3 Å². The van der Waals surface area contributed by atoms with Crippen molar-refractivity contribution in [3.8, 4) is 0 Å². The van der Waals surface area contributed by atoms with Crippen molar-refractivity contribution in [1.82, 2.24) is 0 Å². The smallest absolute Gasteiger partial charge is 0.250 e. The summed E-state index contributed by atoms with van der Waals surface area (Å²) < 4.78 is 13.1. The van der Waals surface area contributed by atoms with Gasteiger partial charge in [0.1, 0.15) is 5.82 Å². The zero-order valence-electron chi connectivity index (χ0n) is 11.1. The highest BCUT2D eigenvalue weighted by atomic mass is 19.1. The zero-order valence-corrected chi connectivity index (χ0v) is 11.1. The van der Waals surface area contributed by atoms with Crippen LogP contribution in [0.1, 0.15) is 15.9 Å². The highest BCUT2D eigenvalue weighted by Crippen LogP contribution is 2.21. The number of amides is 1. The fourth-order valence-corrected chi connectivity index (χ4v) is 2.00. The third kappa shape index (κ3) is 3.06. The first-order valence-electron chi connectivity index (χ1n) is 6.12. The Kier molecular flexibility index (Phi) is 3.89. The molecule has 0 unspecified atom stereocenters. The average molecular weight is 273 g/mol. The molecule has 4 nitrogen and oxygen atoms in total. The minimum atomic E-state index is -0.566. The number of halogens is 1. The Morgan fingerprint density at radius 2 is 2.00 bits per heavy atom. The van der Waals surface area contributed by atoms with E-state index in [9.17, 15) is 9.18 Å². The first-order chi connectivity index (χ1) is 9.47. The molecule has 5 heteroatoms. The number of hydrogen-bond acceptors (Lipinski definition) is 3. The Morgan fingerprint density at radius 3 is 2.65 bits per heavy atom. The number of nitrogens with two attached hydrogens (primary N) is 2. The van der Waals surface area contributed by atoms with E-state index in [0.29, 0.717) is 12.2 Å². The number of benzene rings is 2. The summed E-state index contributed by atoms with van der Waals surface area (Å²) in [7, 11) is 1.85. The van der Waals surface area contributed by atoms with Crippen LogP contribution in [0.4, 0.5) is 15.8 Å². The Balaban J connectivity index is 2.23. The van der Waals surface area contributed by atoms with E-state index in [-0.39, 0.29) is 11.4 Å². The van der Waals surface area contributed by atoms with Crippen molar-refractivity contribution in [1.29, 1.82) is 0 Å². The van der Waals surface area contributed by atoms with Gasteiger partial charge < -0.3 is 16.4 Å². The molecule has 0 aliphatic heterocycles. The van der Waals surface area contributed by atoms with Crippen LogP contribution in [0, 0.1) is 5.82 Å². The molecular formula is C15H16FN3O. The molecule has 0 saturated heterocycles. The minimum Gasteiger partial charge on any atom is -0.398 e. The monoisotopic (exact) mass is 273 g/mol. The number of anilines is 2. The Hall–Kier alpha value is -2.56. The molecule has 4 N–H and O–H groups in total. The molecule has 0 atom stereocenters. The van der Waals surface area contributed by atoms with E-state index in [1.54, 1.807) is 24.3 Å². The van der Waals surface area contributed by atoms with E-state index < -0.39 is 5.91 Å². The van der Waals surface area contributed by atoms with Crippen LogP contribution in [0.5, 0.6) is 0 Å². The van der Waals surface area contributed by atoms with E-state index >= 15 is 0 Å². The molecule has 2 rings (SSSR count). The predicted molar refractivity (Wildman–Crippen MR) is 77.9 cm³/mol. The van der Waals surface area contributed by atoms with Gasteiger partial charge in [-0.1, -0.05) is 12.1 Å². The summed E-state index contributed by atoms with van der Waals surface area (Å²) in [6.45, 7) is 0.514. The lowest BCUT2D eigenvalue weighted by Crippen LogP contribution is -2.19. The van der Waals surface area contributed by atoms with Gasteiger partial charge in [0, 0.05) is 25.0 Å². The van der Waals surface area contributed by atoms with E-state index in [0.717, 1.165) is 11.3 Å². The summed E-state index contributed by atoms with van der Waals surface area (Å²) in [4.78, 5) is 13.2. The van der Waals surface area contributed by atoms with Crippen LogP contribution in [0.2, 0.25) is 0 Å². The number of carbonyl (C=O) groups is 1. The molecule has 0 fully saturated rings. The number of rotatable bonds is 4. The average Bonchev–Trinajstić information content (AvgIpc) is 2.38. The molecule has 0 bridgehead atoms. The third-order valence-electron chi connectivity index (χ3n) is 3.05. The minimum absolute atomic E-state index is 0.272. The van der Waals surface area contributed by atoms with Gasteiger partial charge in [0.25, 0.3) is 5.91 Å². The van der Waals surface area contributed by atoms with E-state index in [1.165, 1.54) is 12.1 Å². The van der Waals surface area contributed by atoms with Crippen LogP contribution < -0.4 is 16.4 Å². The van der Waals surface area contributed by atoms with Crippen LogP contribution in [-0.2, 0) is 6.54 Å². The lowest BCUT2D eigenvalue weighted by Gasteiger charge is -2.20. The van der Waals surface area contributed by atoms with Gasteiger partial charge in [0.15, 0.2) is 0 Å². The standard InChI is InChI=1S/C15H16FN3O/c1-19(9-10-3-2-4-11(16)7-10)12-5-6-14(17)13(8-12)15(18)20/h2-8H,9,17H2,1H3,(H2,18,20). The molecule has 2 aromatic rings. The fraction of sp³-hybridized carbons (Fsp3) is 0.133. The van der Waals surface area contributed by atoms with Crippen LogP contribution in [0.25, 0.3) is 0 Å². The maximum Gasteiger partial charge on any atom is 0.250 e. The second-order valence-electron chi connectivity index (χ2n) is 4.62. The second kappa shape index (κ2) is 5.61. The second-order valence-corrected chi connectivity index (χ2v) is 4.62. The normalized spacial score (nSPS) is 10.3. The molecule has 0 aromatic heterocycles. The van der Waals surface area contributed by atoms with Crippen LogP contribution in [0.3, 0.4) is 0 Å². The van der Waals surface area contributed by atoms with Crippen molar-refractivity contribution in [3.05, 3.63) is 59.4 Å². The quantitative estimate of drug-likeness (QED) is 0.838. The first-order valence-corrected chi connectivity index (χ1v) is 6.12. The van der Waals surface area contributed by atoms with Crippen molar-refractivity contribution in [3.63, 3.8) is 0 Å². The van der Waals surface area contributed by atoms with Gasteiger partial charge in [-0.25, -0.2) is 4.39 Å². The van der Waals surface area contributed by atoms with Gasteiger partial charge >= 0.3 is 0 Å². The Morgan fingerprint density at radius 1 is 1.25 bits per heavy atom. The summed E-state index contributed by atoms with van der Waals surface area (Å²) in [5.74, 6) is -0.838. The van der Waals surface area contributed by atoms with Crippen molar-refractivity contribution in [2.75, 3.05) is 17.7 Å². The van der Waals surface area contributed by atoms with Gasteiger partial charge in [-0.2, -0.15) is 0 Å². The summed E-state index contributed by atoms with van der Waals surface area (Å²) in [6.07, 6.45) is 0. The van der Waals surface area contributed by atoms with Crippen molar-refractivity contribution >= 4 is 17.3 Å². The summed E-state index contributed by atoms with van der Waals surface area (Å²) >= 11 is 0. The Labute approximate surface area is 116 Å². The number of hydrogen-bond donors (Lipinski definition) is 2. The molecule has 1 amide bonds. The molecule has 0 heterocycles. The van der Waals surface area contributed by atoms with Crippen molar-refractivity contribution < 1.29 is 9.18 Å². The number of nitrogen functional groups attached to an aromatic ring is 1. The van der Waals surface area contributed by atoms with E-state index in [4.69, 9.17) is 11.5 Å². The van der Waals surface area contributed by atoms with Crippen LogP contribution in [0.15, 0.2) is 42.5 Å². The highest BCUT2D eigenvalue weighted by molar-refractivity contribution is 5.99. The molecule has 0 spiro atoms. The SMILES string of the molecule is CN(Cc1cccc(F)c1)c1ccc(N)c(C(N)=O)c1. The number of primary amides is 1. The summed E-state index contributed by atoms with van der Waals surface area (Å²) in [5, 5.41) is 0. The number of carbonyl (C=O) groups excluding carboxylic acids is 1. The van der Waals surface area contributed by atoms with Gasteiger partial charge in [0.05, 0.1) is 5.56 Å². The van der Waals surface area contributed by atoms with Crippen molar-refractivity contribution in [2.45, 2.75) is 6.54 Å². The lowest BCUT2D eigenvalue weighted by molar-refractivity contribution is 0.100. The lowest BCUT2D eigenvalue weighted by atomic mass is 10.1. The third-order valence-corrected chi connectivity index (χ3v) is 3.05. The molecule has 0 saturated carbocycles. The zero-order chi connectivity index (χ0) is 14.7. The predicted octanol–water partition coefficient (Wildman–Crippen LogP) is 2.14. The van der Waals surface area contributed by atoms with E-state index in [1.807, 2.05) is 18.0 Å². The summed E-state index contributed by atoms with van der Waals surface area (Å²) in [5.41, 5.74) is 13.2. The first kappa shape index (κ1) is 13.9. The molecule has 20 heavy (non-hydrogen) atoms. The van der Waals surface area contributed by atoms with Gasteiger partial charge in [-0.05, 0) is 35.9 Å². The fourth-order valence-electron chi connectivity index (χ4n) is 2.00. The molecule has 0 aliphatic carbocycles. The van der Waals surface area contributed by atoms with Gasteiger partial charge in [0.2, 0.25) is 0 Å². The maximum absolute atomic E-state index is 13.1. The van der Waals surface area contributed by atoms with E-state index in [2.05, 4.69) is 0 Å². The summed E-state index contributed by atoms with van der Waals surface area (Å²) in [6, 6.07) is 11.4. The maximum atomic E-state index is 13.1. The number of nitrogens with zero attached hydrogens (tertiary/aromatic N) is 1. The molecular weight excluding hydrogens is 257 g/mol.